The maximum atomic E-state index is 11.9. The van der Waals surface area contributed by atoms with E-state index in [4.69, 9.17) is 4.84 Å². The van der Waals surface area contributed by atoms with Crippen molar-refractivity contribution in [2.75, 3.05) is 0 Å². The lowest BCUT2D eigenvalue weighted by molar-refractivity contribution is -0.125. The minimum atomic E-state index is -0.825. The fourth-order valence-corrected chi connectivity index (χ4v) is 1.35. The third kappa shape index (κ3) is 5.49. The molecular weight excluding hydrogens is 288 g/mol. The molecule has 0 aliphatic carbocycles. The average molecular weight is 304 g/mol. The van der Waals surface area contributed by atoms with Crippen molar-refractivity contribution in [3.63, 3.8) is 0 Å². The molecule has 0 unspecified atom stereocenters. The highest BCUT2D eigenvalue weighted by Crippen LogP contribution is 2.17. The minimum Gasteiger partial charge on any atom is -0.378 e. The molecule has 0 fully saturated rings. The van der Waals surface area contributed by atoms with E-state index in [1.165, 1.54) is 36.4 Å². The second-order valence-electron chi connectivity index (χ2n) is 3.92. The van der Waals surface area contributed by atoms with Gasteiger partial charge < -0.3 is 9.68 Å². The molecule has 1 aromatic carbocycles. The van der Waals surface area contributed by atoms with Gasteiger partial charge in [-0.05, 0) is 26.0 Å². The van der Waals surface area contributed by atoms with E-state index >= 15 is 0 Å². The number of rotatable bonds is 5. The molecule has 2 N–H and O–H groups in total. The molecule has 1 aromatic rings. The number of nitrogens with one attached hydrogen (secondary N) is 2. The van der Waals surface area contributed by atoms with Crippen LogP contribution in [0.5, 0.6) is 5.75 Å². The largest absolute Gasteiger partial charge is 0.378 e. The Morgan fingerprint density at radius 3 is 2.18 bits per heavy atom. The number of amides is 2. The number of hydroxylamine groups is 2. The molecule has 1 rings (SSSR count). The van der Waals surface area contributed by atoms with E-state index in [1.54, 1.807) is 26.0 Å². The zero-order chi connectivity index (χ0) is 16.4. The smallest absolute Gasteiger partial charge is 0.366 e. The summed E-state index contributed by atoms with van der Waals surface area (Å²) in [7, 11) is 0. The van der Waals surface area contributed by atoms with Gasteiger partial charge in [-0.15, -0.1) is 0 Å². The number of carbonyl (C=O) groups is 3. The van der Waals surface area contributed by atoms with Crippen molar-refractivity contribution in [3.8, 4) is 5.75 Å². The average Bonchev–Trinajstić information content (AvgIpc) is 2.51. The summed E-state index contributed by atoms with van der Waals surface area (Å²) in [6, 6.07) is 6.11. The van der Waals surface area contributed by atoms with Gasteiger partial charge in [-0.3, -0.25) is 9.59 Å². The lowest BCUT2D eigenvalue weighted by atomic mass is 10.2. The van der Waals surface area contributed by atoms with Gasteiger partial charge in [-0.25, -0.2) is 4.79 Å². The van der Waals surface area contributed by atoms with Crippen molar-refractivity contribution < 1.29 is 24.1 Å². The van der Waals surface area contributed by atoms with Gasteiger partial charge in [0.2, 0.25) is 0 Å². The zero-order valence-electron chi connectivity index (χ0n) is 12.2. The normalized spacial score (nSPS) is 10.5. The van der Waals surface area contributed by atoms with E-state index in [0.717, 1.165) is 0 Å². The summed E-state index contributed by atoms with van der Waals surface area (Å²) in [5, 5.41) is 0. The second-order valence-corrected chi connectivity index (χ2v) is 3.92. The van der Waals surface area contributed by atoms with E-state index < -0.39 is 17.8 Å². The van der Waals surface area contributed by atoms with Gasteiger partial charge in [0.15, 0.2) is 5.75 Å². The van der Waals surface area contributed by atoms with Gasteiger partial charge in [-0.2, -0.15) is 11.0 Å². The van der Waals surface area contributed by atoms with Crippen molar-refractivity contribution in [2.24, 2.45) is 0 Å². The molecule has 0 atom stereocenters. The topological polar surface area (TPSA) is 93.7 Å². The van der Waals surface area contributed by atoms with Crippen LogP contribution in [0.4, 0.5) is 0 Å². The second kappa shape index (κ2) is 8.96. The van der Waals surface area contributed by atoms with Crippen LogP contribution in [-0.4, -0.2) is 17.8 Å². The Balaban J connectivity index is 2.71. The van der Waals surface area contributed by atoms with E-state index in [2.05, 4.69) is 10.3 Å². The first-order valence-electron chi connectivity index (χ1n) is 6.40. The quantitative estimate of drug-likeness (QED) is 0.634. The van der Waals surface area contributed by atoms with Crippen molar-refractivity contribution in [3.05, 3.63) is 54.1 Å². The molecule has 0 aliphatic rings. The summed E-state index contributed by atoms with van der Waals surface area (Å²) in [5.74, 6) is -1.79. The lowest BCUT2D eigenvalue weighted by Gasteiger charge is -2.09. The van der Waals surface area contributed by atoms with E-state index in [9.17, 15) is 14.4 Å². The highest BCUT2D eigenvalue weighted by Gasteiger charge is 2.15. The van der Waals surface area contributed by atoms with Crippen LogP contribution in [0.15, 0.2) is 48.6 Å². The first kappa shape index (κ1) is 17.0. The maximum absolute atomic E-state index is 11.9. The molecule has 7 heteroatoms. The molecule has 2 amide bonds. The number of allylic oxidation sites excluding steroid dienone is 2. The van der Waals surface area contributed by atoms with Gasteiger partial charge >= 0.3 is 5.97 Å². The molecule has 0 saturated carbocycles. The van der Waals surface area contributed by atoms with Gasteiger partial charge in [0.25, 0.3) is 11.8 Å². The standard InChI is InChI=1S/C15H16N2O5/c1-3-7-13(18)16-21-12-10-6-5-9-11(12)15(20)22-17-14(19)8-4-2/h3-10H,1-2H3,(H,16,18)(H,17,19). The predicted octanol–water partition coefficient (Wildman–Crippen LogP) is 1.44. The lowest BCUT2D eigenvalue weighted by Crippen LogP contribution is -2.28. The van der Waals surface area contributed by atoms with Crippen LogP contribution in [0.2, 0.25) is 0 Å². The summed E-state index contributed by atoms with van der Waals surface area (Å²) < 4.78 is 0. The summed E-state index contributed by atoms with van der Waals surface area (Å²) >= 11 is 0. The molecule has 0 bridgehead atoms. The molecular formula is C15H16N2O5. The summed E-state index contributed by atoms with van der Waals surface area (Å²) in [6.07, 6.45) is 5.50. The Morgan fingerprint density at radius 1 is 0.955 bits per heavy atom. The molecule has 0 aliphatic heterocycles. The monoisotopic (exact) mass is 304 g/mol. The SMILES string of the molecule is CC=CC(=O)NOC(=O)c1ccccc1ONC(=O)C=CC. The molecule has 7 nitrogen and oxygen atoms in total. The van der Waals surface area contributed by atoms with Crippen molar-refractivity contribution in [1.29, 1.82) is 0 Å². The minimum absolute atomic E-state index is 0.0454. The molecule has 22 heavy (non-hydrogen) atoms. The molecule has 0 saturated heterocycles. The summed E-state index contributed by atoms with van der Waals surface area (Å²) in [6.45, 7) is 3.33. The van der Waals surface area contributed by atoms with Crippen LogP contribution < -0.4 is 15.8 Å². The van der Waals surface area contributed by atoms with Crippen LogP contribution in [0.3, 0.4) is 0 Å². The molecule has 0 radical (unpaired) electrons. The van der Waals surface area contributed by atoms with Crippen molar-refractivity contribution in [2.45, 2.75) is 13.8 Å². The number of hydrogen-bond acceptors (Lipinski definition) is 5. The number of carbonyl (C=O) groups excluding carboxylic acids is 3. The summed E-state index contributed by atoms with van der Waals surface area (Å²) in [5.41, 5.74) is 4.16. The molecule has 0 heterocycles. The van der Waals surface area contributed by atoms with Gasteiger partial charge in [-0.1, -0.05) is 24.3 Å². The highest BCUT2D eigenvalue weighted by atomic mass is 16.7. The zero-order valence-corrected chi connectivity index (χ0v) is 12.2. The van der Waals surface area contributed by atoms with Crippen LogP contribution in [-0.2, 0) is 14.4 Å². The Hall–Kier alpha value is -3.09. The molecule has 0 aromatic heterocycles. The van der Waals surface area contributed by atoms with Crippen LogP contribution in [0.1, 0.15) is 24.2 Å². The Morgan fingerprint density at radius 2 is 1.55 bits per heavy atom. The van der Waals surface area contributed by atoms with E-state index in [1.807, 2.05) is 5.48 Å². The first-order valence-corrected chi connectivity index (χ1v) is 6.40. The highest BCUT2D eigenvalue weighted by molar-refractivity contribution is 5.94. The molecule has 0 spiro atoms. The number of para-hydroxylation sites is 1. The fourth-order valence-electron chi connectivity index (χ4n) is 1.35. The van der Waals surface area contributed by atoms with Gasteiger partial charge in [0.05, 0.1) is 0 Å². The third-order valence-electron chi connectivity index (χ3n) is 2.25. The van der Waals surface area contributed by atoms with Crippen LogP contribution in [0.25, 0.3) is 0 Å². The van der Waals surface area contributed by atoms with Crippen molar-refractivity contribution in [1.82, 2.24) is 11.0 Å². The van der Waals surface area contributed by atoms with Crippen LogP contribution in [0, 0.1) is 0 Å². The van der Waals surface area contributed by atoms with Gasteiger partial charge in [0.1, 0.15) is 5.56 Å². The van der Waals surface area contributed by atoms with E-state index in [0.29, 0.717) is 0 Å². The predicted molar refractivity (Wildman–Crippen MR) is 78.4 cm³/mol. The van der Waals surface area contributed by atoms with Crippen molar-refractivity contribution >= 4 is 17.8 Å². The first-order chi connectivity index (χ1) is 10.6. The van der Waals surface area contributed by atoms with Gasteiger partial charge in [0, 0.05) is 12.2 Å². The Bertz CT molecular complexity index is 608. The van der Waals surface area contributed by atoms with E-state index in [-0.39, 0.29) is 11.3 Å². The Labute approximate surface area is 127 Å². The Kier molecular flexibility index (Phi) is 6.91. The number of hydrogen-bond donors (Lipinski definition) is 2. The number of benzene rings is 1. The summed E-state index contributed by atoms with van der Waals surface area (Å²) in [4.78, 5) is 44.0. The third-order valence-corrected chi connectivity index (χ3v) is 2.25. The fraction of sp³-hybridized carbons (Fsp3) is 0.133. The molecule has 116 valence electrons. The van der Waals surface area contributed by atoms with Crippen LogP contribution >= 0.6 is 0 Å². The maximum Gasteiger partial charge on any atom is 0.366 e.